The number of carbonyl (C=O) groups is 2. The van der Waals surface area contributed by atoms with E-state index < -0.39 is 0 Å². The predicted octanol–water partition coefficient (Wildman–Crippen LogP) is 0.0871. The van der Waals surface area contributed by atoms with Crippen molar-refractivity contribution in [1.29, 1.82) is 0 Å². The molecule has 0 radical (unpaired) electrons. The Labute approximate surface area is 78.5 Å². The van der Waals surface area contributed by atoms with E-state index >= 15 is 0 Å². The Hall–Kier alpha value is -1.06. The van der Waals surface area contributed by atoms with Crippen molar-refractivity contribution < 1.29 is 9.59 Å². The highest BCUT2D eigenvalue weighted by molar-refractivity contribution is 5.84. The lowest BCUT2D eigenvalue weighted by Crippen LogP contribution is -2.37. The van der Waals surface area contributed by atoms with Gasteiger partial charge in [-0.05, 0) is 6.42 Å². The molecule has 0 aliphatic carbocycles. The third kappa shape index (κ3) is 2.44. The van der Waals surface area contributed by atoms with Crippen molar-refractivity contribution >= 4 is 11.8 Å². The molecule has 1 aliphatic heterocycles. The number of amides is 2. The number of likely N-dealkylation sites (N-methyl/N-ethyl adjacent to an activating group) is 1. The third-order valence-corrected chi connectivity index (χ3v) is 2.33. The summed E-state index contributed by atoms with van der Waals surface area (Å²) < 4.78 is 0. The fourth-order valence-corrected chi connectivity index (χ4v) is 1.42. The molecule has 0 saturated carbocycles. The van der Waals surface area contributed by atoms with Gasteiger partial charge in [-0.25, -0.2) is 0 Å². The van der Waals surface area contributed by atoms with Crippen LogP contribution in [0.4, 0.5) is 0 Å². The SMILES string of the molecule is CCC(=O)N1CCCN(C)C(=O)C1. The van der Waals surface area contributed by atoms with Gasteiger partial charge in [-0.15, -0.1) is 0 Å². The maximum Gasteiger partial charge on any atom is 0.241 e. The lowest BCUT2D eigenvalue weighted by Gasteiger charge is -2.18. The highest BCUT2D eigenvalue weighted by Gasteiger charge is 2.21. The number of nitrogens with zero attached hydrogens (tertiary/aromatic N) is 2. The molecule has 2 amide bonds. The van der Waals surface area contributed by atoms with E-state index in [-0.39, 0.29) is 18.4 Å². The molecule has 0 aromatic rings. The van der Waals surface area contributed by atoms with E-state index in [0.29, 0.717) is 13.0 Å². The number of hydrogen-bond acceptors (Lipinski definition) is 2. The molecule has 1 heterocycles. The van der Waals surface area contributed by atoms with Crippen LogP contribution in [0.15, 0.2) is 0 Å². The molecule has 0 aromatic heterocycles. The van der Waals surface area contributed by atoms with Gasteiger partial charge in [0.05, 0.1) is 6.54 Å². The lowest BCUT2D eigenvalue weighted by molar-refractivity contribution is -0.137. The highest BCUT2D eigenvalue weighted by Crippen LogP contribution is 2.03. The third-order valence-electron chi connectivity index (χ3n) is 2.33. The molecule has 1 fully saturated rings. The van der Waals surface area contributed by atoms with Crippen molar-refractivity contribution in [3.8, 4) is 0 Å². The first-order valence-corrected chi connectivity index (χ1v) is 4.67. The van der Waals surface area contributed by atoms with E-state index in [4.69, 9.17) is 0 Å². The summed E-state index contributed by atoms with van der Waals surface area (Å²) in [5.74, 6) is 0.114. The Balaban J connectivity index is 2.59. The second-order valence-corrected chi connectivity index (χ2v) is 3.34. The zero-order valence-electron chi connectivity index (χ0n) is 8.25. The molecule has 1 aliphatic rings. The summed E-state index contributed by atoms with van der Waals surface area (Å²) in [6.45, 7) is 3.54. The van der Waals surface area contributed by atoms with Crippen molar-refractivity contribution in [3.05, 3.63) is 0 Å². The minimum Gasteiger partial charge on any atom is -0.344 e. The summed E-state index contributed by atoms with van der Waals surface area (Å²) in [5.41, 5.74) is 0. The van der Waals surface area contributed by atoms with E-state index in [1.807, 2.05) is 6.92 Å². The monoisotopic (exact) mass is 184 g/mol. The van der Waals surface area contributed by atoms with Gasteiger partial charge in [-0.1, -0.05) is 6.92 Å². The molecule has 0 N–H and O–H groups in total. The van der Waals surface area contributed by atoms with Crippen LogP contribution in [0.3, 0.4) is 0 Å². The number of rotatable bonds is 1. The standard InChI is InChI=1S/C9H16N2O2/c1-3-8(12)11-6-4-5-10(2)9(13)7-11/h3-7H2,1-2H3. The maximum atomic E-state index is 11.4. The Kier molecular flexibility index (Phi) is 3.28. The zero-order chi connectivity index (χ0) is 9.84. The topological polar surface area (TPSA) is 40.6 Å². The largest absolute Gasteiger partial charge is 0.344 e. The first kappa shape index (κ1) is 10.0. The molecule has 0 aromatic carbocycles. The molecular weight excluding hydrogens is 168 g/mol. The van der Waals surface area contributed by atoms with Crippen LogP contribution in [0.5, 0.6) is 0 Å². The molecule has 1 rings (SSSR count). The lowest BCUT2D eigenvalue weighted by atomic mass is 10.3. The van der Waals surface area contributed by atoms with Crippen LogP contribution in [0, 0.1) is 0 Å². The van der Waals surface area contributed by atoms with Crippen molar-refractivity contribution in [3.63, 3.8) is 0 Å². The Bertz CT molecular complexity index is 216. The molecule has 13 heavy (non-hydrogen) atoms. The Morgan fingerprint density at radius 1 is 1.46 bits per heavy atom. The van der Waals surface area contributed by atoms with Crippen LogP contribution < -0.4 is 0 Å². The van der Waals surface area contributed by atoms with Crippen LogP contribution in [-0.2, 0) is 9.59 Å². The van der Waals surface area contributed by atoms with Crippen molar-refractivity contribution in [2.75, 3.05) is 26.7 Å². The summed E-state index contributed by atoms with van der Waals surface area (Å²) in [4.78, 5) is 26.0. The smallest absolute Gasteiger partial charge is 0.241 e. The molecule has 0 spiro atoms. The Morgan fingerprint density at radius 2 is 2.15 bits per heavy atom. The van der Waals surface area contributed by atoms with Gasteiger partial charge in [-0.3, -0.25) is 9.59 Å². The second kappa shape index (κ2) is 4.25. The molecule has 4 nitrogen and oxygen atoms in total. The molecular formula is C9H16N2O2. The highest BCUT2D eigenvalue weighted by atomic mass is 16.2. The predicted molar refractivity (Wildman–Crippen MR) is 49.1 cm³/mol. The molecule has 1 saturated heterocycles. The van der Waals surface area contributed by atoms with Gasteiger partial charge in [0, 0.05) is 26.6 Å². The first-order valence-electron chi connectivity index (χ1n) is 4.67. The van der Waals surface area contributed by atoms with Gasteiger partial charge in [0.15, 0.2) is 0 Å². The Morgan fingerprint density at radius 3 is 2.77 bits per heavy atom. The normalized spacial score (nSPS) is 18.8. The van der Waals surface area contributed by atoms with Gasteiger partial charge >= 0.3 is 0 Å². The minimum atomic E-state index is 0.0410. The summed E-state index contributed by atoms with van der Waals surface area (Å²) in [5, 5.41) is 0. The average Bonchev–Trinajstić information content (AvgIpc) is 2.28. The van der Waals surface area contributed by atoms with E-state index in [1.54, 1.807) is 16.8 Å². The van der Waals surface area contributed by atoms with Gasteiger partial charge in [0.1, 0.15) is 0 Å². The van der Waals surface area contributed by atoms with Crippen molar-refractivity contribution in [1.82, 2.24) is 9.80 Å². The van der Waals surface area contributed by atoms with E-state index in [2.05, 4.69) is 0 Å². The van der Waals surface area contributed by atoms with Gasteiger partial charge in [0.2, 0.25) is 11.8 Å². The fourth-order valence-electron chi connectivity index (χ4n) is 1.42. The van der Waals surface area contributed by atoms with Gasteiger partial charge < -0.3 is 9.80 Å². The summed E-state index contributed by atoms with van der Waals surface area (Å²) in [6, 6.07) is 0. The van der Waals surface area contributed by atoms with Crippen LogP contribution in [0.25, 0.3) is 0 Å². The minimum absolute atomic E-state index is 0.0410. The zero-order valence-corrected chi connectivity index (χ0v) is 8.25. The first-order chi connectivity index (χ1) is 6.15. The van der Waals surface area contributed by atoms with Crippen molar-refractivity contribution in [2.45, 2.75) is 19.8 Å². The van der Waals surface area contributed by atoms with Crippen LogP contribution >= 0.6 is 0 Å². The van der Waals surface area contributed by atoms with E-state index in [1.165, 1.54) is 0 Å². The molecule has 0 bridgehead atoms. The van der Waals surface area contributed by atoms with E-state index in [9.17, 15) is 9.59 Å². The molecule has 0 unspecified atom stereocenters. The van der Waals surface area contributed by atoms with Crippen LogP contribution in [0.2, 0.25) is 0 Å². The molecule has 4 heteroatoms. The molecule has 0 atom stereocenters. The number of carbonyl (C=O) groups excluding carboxylic acids is 2. The maximum absolute atomic E-state index is 11.4. The quantitative estimate of drug-likeness (QED) is 0.579. The van der Waals surface area contributed by atoms with Gasteiger partial charge in [0.25, 0.3) is 0 Å². The number of hydrogen-bond donors (Lipinski definition) is 0. The van der Waals surface area contributed by atoms with Crippen LogP contribution in [-0.4, -0.2) is 48.3 Å². The summed E-state index contributed by atoms with van der Waals surface area (Å²) in [7, 11) is 1.78. The fraction of sp³-hybridized carbons (Fsp3) is 0.778. The summed E-state index contributed by atoms with van der Waals surface area (Å²) >= 11 is 0. The van der Waals surface area contributed by atoms with E-state index in [0.717, 1.165) is 13.0 Å². The van der Waals surface area contributed by atoms with Crippen molar-refractivity contribution in [2.24, 2.45) is 0 Å². The summed E-state index contributed by atoms with van der Waals surface area (Å²) in [6.07, 6.45) is 1.37. The van der Waals surface area contributed by atoms with Gasteiger partial charge in [-0.2, -0.15) is 0 Å². The average molecular weight is 184 g/mol. The second-order valence-electron chi connectivity index (χ2n) is 3.34. The molecule has 74 valence electrons. The van der Waals surface area contributed by atoms with Crippen LogP contribution in [0.1, 0.15) is 19.8 Å².